The van der Waals surface area contributed by atoms with E-state index in [0.29, 0.717) is 24.6 Å². The Morgan fingerprint density at radius 1 is 1.16 bits per heavy atom. The van der Waals surface area contributed by atoms with Gasteiger partial charge in [-0.25, -0.2) is 9.97 Å². The minimum atomic E-state index is -4.44. The van der Waals surface area contributed by atoms with E-state index >= 15 is 0 Å². The maximum atomic E-state index is 12.6. The molecule has 7 heteroatoms. The van der Waals surface area contributed by atoms with Crippen LogP contribution < -0.4 is 0 Å². The van der Waals surface area contributed by atoms with Gasteiger partial charge in [0.25, 0.3) is 0 Å². The summed E-state index contributed by atoms with van der Waals surface area (Å²) in [6.45, 7) is 1.31. The van der Waals surface area contributed by atoms with Crippen LogP contribution in [-0.4, -0.2) is 28.2 Å². The van der Waals surface area contributed by atoms with Crippen molar-refractivity contribution in [1.29, 1.82) is 0 Å². The number of alkyl halides is 3. The van der Waals surface area contributed by atoms with Crippen molar-refractivity contribution in [3.8, 4) is 0 Å². The van der Waals surface area contributed by atoms with E-state index in [2.05, 4.69) is 15.0 Å². The largest absolute Gasteiger partial charge is 0.433 e. The molecule has 4 nitrogen and oxygen atoms in total. The molecular weight excluding hydrogens is 259 g/mol. The SMILES string of the molecule is FC(F)(F)c1ccc2[nH]c(C3CCOCC3)nc2n1. The molecule has 0 unspecified atom stereocenters. The number of ether oxygens (including phenoxy) is 1. The Balaban J connectivity index is 1.96. The Morgan fingerprint density at radius 2 is 1.89 bits per heavy atom. The molecule has 0 aromatic carbocycles. The predicted octanol–water partition coefficient (Wildman–Crippen LogP) is 2.87. The molecule has 1 aliphatic rings. The molecule has 0 spiro atoms. The first-order valence-electron chi connectivity index (χ1n) is 6.05. The van der Waals surface area contributed by atoms with E-state index in [-0.39, 0.29) is 11.6 Å². The molecule has 0 bridgehead atoms. The Kier molecular flexibility index (Phi) is 2.93. The van der Waals surface area contributed by atoms with Gasteiger partial charge in [0.15, 0.2) is 5.65 Å². The second-order valence-corrected chi connectivity index (χ2v) is 4.57. The molecule has 0 saturated carbocycles. The highest BCUT2D eigenvalue weighted by Crippen LogP contribution is 2.30. The summed E-state index contributed by atoms with van der Waals surface area (Å²) in [5, 5.41) is 0. The van der Waals surface area contributed by atoms with E-state index in [0.717, 1.165) is 18.9 Å². The summed E-state index contributed by atoms with van der Waals surface area (Å²) < 4.78 is 42.9. The van der Waals surface area contributed by atoms with Crippen molar-refractivity contribution in [3.05, 3.63) is 23.7 Å². The second-order valence-electron chi connectivity index (χ2n) is 4.57. The molecule has 0 radical (unpaired) electrons. The molecule has 2 aromatic heterocycles. The minimum absolute atomic E-state index is 0.122. The third-order valence-corrected chi connectivity index (χ3v) is 3.26. The third-order valence-electron chi connectivity index (χ3n) is 3.26. The molecule has 2 aromatic rings. The number of hydrogen-bond donors (Lipinski definition) is 1. The van der Waals surface area contributed by atoms with E-state index in [1.54, 1.807) is 0 Å². The number of fused-ring (bicyclic) bond motifs is 1. The Labute approximate surface area is 107 Å². The lowest BCUT2D eigenvalue weighted by atomic mass is 10.00. The van der Waals surface area contributed by atoms with Gasteiger partial charge < -0.3 is 9.72 Å². The quantitative estimate of drug-likeness (QED) is 0.867. The molecule has 102 valence electrons. The van der Waals surface area contributed by atoms with Crippen molar-refractivity contribution in [3.63, 3.8) is 0 Å². The zero-order valence-electron chi connectivity index (χ0n) is 10.00. The third kappa shape index (κ3) is 2.42. The fourth-order valence-corrected chi connectivity index (χ4v) is 2.23. The molecule has 0 atom stereocenters. The van der Waals surface area contributed by atoms with Crippen LogP contribution in [0.15, 0.2) is 12.1 Å². The van der Waals surface area contributed by atoms with Gasteiger partial charge in [-0.2, -0.15) is 13.2 Å². The molecule has 3 rings (SSSR count). The van der Waals surface area contributed by atoms with Crippen LogP contribution >= 0.6 is 0 Å². The lowest BCUT2D eigenvalue weighted by Gasteiger charge is -2.19. The fourth-order valence-electron chi connectivity index (χ4n) is 2.23. The highest BCUT2D eigenvalue weighted by molar-refractivity contribution is 5.70. The number of rotatable bonds is 1. The average Bonchev–Trinajstić information content (AvgIpc) is 2.81. The number of pyridine rings is 1. The lowest BCUT2D eigenvalue weighted by Crippen LogP contribution is -2.15. The highest BCUT2D eigenvalue weighted by atomic mass is 19.4. The van der Waals surface area contributed by atoms with Crippen LogP contribution in [-0.2, 0) is 10.9 Å². The fraction of sp³-hybridized carbons (Fsp3) is 0.500. The molecular formula is C12H12F3N3O. The number of nitrogens with zero attached hydrogens (tertiary/aromatic N) is 2. The van der Waals surface area contributed by atoms with Crippen molar-refractivity contribution in [1.82, 2.24) is 15.0 Å². The minimum Gasteiger partial charge on any atom is -0.381 e. The van der Waals surface area contributed by atoms with Crippen molar-refractivity contribution in [2.45, 2.75) is 24.9 Å². The van der Waals surface area contributed by atoms with Crippen LogP contribution in [0.25, 0.3) is 11.2 Å². The maximum Gasteiger partial charge on any atom is 0.433 e. The van der Waals surface area contributed by atoms with Gasteiger partial charge in [-0.05, 0) is 25.0 Å². The number of nitrogens with one attached hydrogen (secondary N) is 1. The van der Waals surface area contributed by atoms with Gasteiger partial charge in [0.1, 0.15) is 11.5 Å². The molecule has 3 heterocycles. The van der Waals surface area contributed by atoms with Gasteiger partial charge in [-0.15, -0.1) is 0 Å². The molecule has 0 aliphatic carbocycles. The van der Waals surface area contributed by atoms with Crippen molar-refractivity contribution in [2.75, 3.05) is 13.2 Å². The summed E-state index contributed by atoms with van der Waals surface area (Å²) in [5.74, 6) is 0.905. The zero-order valence-corrected chi connectivity index (χ0v) is 10.00. The zero-order chi connectivity index (χ0) is 13.5. The molecule has 1 saturated heterocycles. The molecule has 0 amide bonds. The Bertz CT molecular complexity index is 587. The van der Waals surface area contributed by atoms with E-state index in [9.17, 15) is 13.2 Å². The molecule has 1 fully saturated rings. The number of aromatic nitrogens is 3. The highest BCUT2D eigenvalue weighted by Gasteiger charge is 2.33. The number of H-pyrrole nitrogens is 1. The van der Waals surface area contributed by atoms with Crippen molar-refractivity contribution >= 4 is 11.2 Å². The first kappa shape index (κ1) is 12.4. The van der Waals surface area contributed by atoms with Crippen molar-refractivity contribution in [2.24, 2.45) is 0 Å². The summed E-state index contributed by atoms with van der Waals surface area (Å²) in [5.41, 5.74) is -0.254. The van der Waals surface area contributed by atoms with Gasteiger partial charge in [0, 0.05) is 19.1 Å². The Morgan fingerprint density at radius 3 is 2.58 bits per heavy atom. The van der Waals surface area contributed by atoms with Crippen molar-refractivity contribution < 1.29 is 17.9 Å². The van der Waals surface area contributed by atoms with Crippen LogP contribution in [0.4, 0.5) is 13.2 Å². The predicted molar refractivity (Wildman–Crippen MR) is 61.7 cm³/mol. The Hall–Kier alpha value is -1.63. The van der Waals surface area contributed by atoms with Crippen LogP contribution in [0.2, 0.25) is 0 Å². The smallest absolute Gasteiger partial charge is 0.381 e. The summed E-state index contributed by atoms with van der Waals surface area (Å²) in [4.78, 5) is 10.8. The monoisotopic (exact) mass is 271 g/mol. The van der Waals surface area contributed by atoms with Gasteiger partial charge in [0.2, 0.25) is 0 Å². The van der Waals surface area contributed by atoms with Gasteiger partial charge in [-0.3, -0.25) is 0 Å². The van der Waals surface area contributed by atoms with Crippen LogP contribution in [0.3, 0.4) is 0 Å². The van der Waals surface area contributed by atoms with E-state index in [1.807, 2.05) is 0 Å². The number of aromatic amines is 1. The van der Waals surface area contributed by atoms with Crippen LogP contribution in [0.5, 0.6) is 0 Å². The van der Waals surface area contributed by atoms with Gasteiger partial charge in [-0.1, -0.05) is 0 Å². The first-order valence-corrected chi connectivity index (χ1v) is 6.05. The molecule has 1 N–H and O–H groups in total. The first-order chi connectivity index (χ1) is 9.04. The molecule has 1 aliphatic heterocycles. The van der Waals surface area contributed by atoms with E-state index in [4.69, 9.17) is 4.74 Å². The van der Waals surface area contributed by atoms with Crippen LogP contribution in [0.1, 0.15) is 30.3 Å². The standard InChI is InChI=1S/C12H12F3N3O/c13-12(14,15)9-2-1-8-11(17-9)18-10(16-8)7-3-5-19-6-4-7/h1-2,7H,3-6H2,(H,16,17,18). The maximum absolute atomic E-state index is 12.6. The number of imidazole rings is 1. The second kappa shape index (κ2) is 4.48. The number of halogens is 3. The summed E-state index contributed by atoms with van der Waals surface area (Å²) in [7, 11) is 0. The van der Waals surface area contributed by atoms with Gasteiger partial charge >= 0.3 is 6.18 Å². The van der Waals surface area contributed by atoms with E-state index < -0.39 is 11.9 Å². The summed E-state index contributed by atoms with van der Waals surface area (Å²) in [6, 6.07) is 2.34. The average molecular weight is 271 g/mol. The topological polar surface area (TPSA) is 50.8 Å². The van der Waals surface area contributed by atoms with E-state index in [1.165, 1.54) is 6.07 Å². The van der Waals surface area contributed by atoms with Crippen LogP contribution in [0, 0.1) is 0 Å². The van der Waals surface area contributed by atoms with Gasteiger partial charge in [0.05, 0.1) is 5.52 Å². The normalized spacial score (nSPS) is 18.1. The lowest BCUT2D eigenvalue weighted by molar-refractivity contribution is -0.141. The summed E-state index contributed by atoms with van der Waals surface area (Å²) >= 11 is 0. The molecule has 19 heavy (non-hydrogen) atoms. The summed E-state index contributed by atoms with van der Waals surface area (Å²) in [6.07, 6.45) is -2.79. The number of hydrogen-bond acceptors (Lipinski definition) is 3.